The second kappa shape index (κ2) is 5.77. The lowest BCUT2D eigenvalue weighted by molar-refractivity contribution is -0.121. The molecule has 0 aliphatic rings. The lowest BCUT2D eigenvalue weighted by atomic mass is 10.1. The van der Waals surface area contributed by atoms with Crippen molar-refractivity contribution < 1.29 is 9.90 Å². The summed E-state index contributed by atoms with van der Waals surface area (Å²) in [5.74, 6) is 0.0524. The van der Waals surface area contributed by atoms with Crippen molar-refractivity contribution in [2.24, 2.45) is 5.92 Å². The molecule has 12 heavy (non-hydrogen) atoms. The zero-order chi connectivity index (χ0) is 9.56. The second-order valence-electron chi connectivity index (χ2n) is 3.01. The van der Waals surface area contributed by atoms with Gasteiger partial charge in [0, 0.05) is 19.1 Å². The van der Waals surface area contributed by atoms with Crippen molar-refractivity contribution in [3.8, 4) is 0 Å². The fourth-order valence-electron chi connectivity index (χ4n) is 0.744. The standard InChI is InChI=1S/C9H17NO2/c1-4-5-9(12)10-8(3)7(2)6-11/h4,7-8,11H,1,5-6H2,2-3H3,(H,10,12). The third-order valence-electron chi connectivity index (χ3n) is 1.86. The number of carbonyl (C=O) groups is 1. The molecule has 0 aliphatic carbocycles. The highest BCUT2D eigenvalue weighted by Gasteiger charge is 2.12. The average Bonchev–Trinajstić information content (AvgIpc) is 2.03. The van der Waals surface area contributed by atoms with Gasteiger partial charge < -0.3 is 10.4 Å². The van der Waals surface area contributed by atoms with E-state index in [1.165, 1.54) is 0 Å². The van der Waals surface area contributed by atoms with Gasteiger partial charge in [0.25, 0.3) is 0 Å². The van der Waals surface area contributed by atoms with E-state index < -0.39 is 0 Å². The summed E-state index contributed by atoms with van der Waals surface area (Å²) in [5, 5.41) is 11.5. The Bertz CT molecular complexity index is 157. The third-order valence-corrected chi connectivity index (χ3v) is 1.86. The lowest BCUT2D eigenvalue weighted by Crippen LogP contribution is -2.37. The molecule has 3 nitrogen and oxygen atoms in total. The van der Waals surface area contributed by atoms with Crippen molar-refractivity contribution in [1.29, 1.82) is 0 Å². The van der Waals surface area contributed by atoms with Crippen LogP contribution in [0.15, 0.2) is 12.7 Å². The predicted molar refractivity (Wildman–Crippen MR) is 48.7 cm³/mol. The first-order valence-electron chi connectivity index (χ1n) is 4.13. The van der Waals surface area contributed by atoms with Crippen molar-refractivity contribution in [1.82, 2.24) is 5.32 Å². The van der Waals surface area contributed by atoms with Crippen LogP contribution in [-0.4, -0.2) is 23.7 Å². The van der Waals surface area contributed by atoms with Crippen LogP contribution in [0, 0.1) is 5.92 Å². The quantitative estimate of drug-likeness (QED) is 0.598. The second-order valence-corrected chi connectivity index (χ2v) is 3.01. The minimum absolute atomic E-state index is 0.0162. The normalized spacial score (nSPS) is 14.9. The summed E-state index contributed by atoms with van der Waals surface area (Å²) in [7, 11) is 0. The van der Waals surface area contributed by atoms with Crippen LogP contribution in [0.1, 0.15) is 20.3 Å². The summed E-state index contributed by atoms with van der Waals surface area (Å²) in [4.78, 5) is 11.0. The van der Waals surface area contributed by atoms with Gasteiger partial charge in [0.1, 0.15) is 0 Å². The molecule has 2 atom stereocenters. The van der Waals surface area contributed by atoms with Crippen LogP contribution >= 0.6 is 0 Å². The zero-order valence-electron chi connectivity index (χ0n) is 7.71. The van der Waals surface area contributed by atoms with Crippen molar-refractivity contribution in [3.63, 3.8) is 0 Å². The molecular formula is C9H17NO2. The first kappa shape index (κ1) is 11.2. The highest BCUT2D eigenvalue weighted by atomic mass is 16.3. The van der Waals surface area contributed by atoms with Crippen LogP contribution in [0.5, 0.6) is 0 Å². The molecule has 2 N–H and O–H groups in total. The van der Waals surface area contributed by atoms with Crippen LogP contribution in [0.4, 0.5) is 0 Å². The first-order chi connectivity index (χ1) is 5.61. The van der Waals surface area contributed by atoms with Gasteiger partial charge in [-0.25, -0.2) is 0 Å². The molecule has 0 aromatic carbocycles. The van der Waals surface area contributed by atoms with E-state index >= 15 is 0 Å². The molecule has 0 bridgehead atoms. The van der Waals surface area contributed by atoms with Crippen LogP contribution in [-0.2, 0) is 4.79 Å². The number of hydrogen-bond acceptors (Lipinski definition) is 2. The number of carbonyl (C=O) groups excluding carboxylic acids is 1. The summed E-state index contributed by atoms with van der Waals surface area (Å²) in [5.41, 5.74) is 0. The van der Waals surface area contributed by atoms with Crippen molar-refractivity contribution in [2.75, 3.05) is 6.61 Å². The maximum absolute atomic E-state index is 11.0. The molecule has 0 heterocycles. The van der Waals surface area contributed by atoms with Gasteiger partial charge >= 0.3 is 0 Å². The molecule has 70 valence electrons. The van der Waals surface area contributed by atoms with Gasteiger partial charge in [-0.2, -0.15) is 0 Å². The summed E-state index contributed by atoms with van der Waals surface area (Å²) in [6.07, 6.45) is 1.90. The number of aliphatic hydroxyl groups excluding tert-OH is 1. The molecule has 0 radical (unpaired) electrons. The minimum atomic E-state index is -0.0437. The molecule has 0 fully saturated rings. The van der Waals surface area contributed by atoms with Crippen molar-refractivity contribution in [3.05, 3.63) is 12.7 Å². The molecule has 0 rings (SSSR count). The maximum atomic E-state index is 11.0. The lowest BCUT2D eigenvalue weighted by Gasteiger charge is -2.18. The molecule has 0 aromatic heterocycles. The molecular weight excluding hydrogens is 154 g/mol. The Balaban J connectivity index is 3.74. The van der Waals surface area contributed by atoms with Crippen LogP contribution in [0.2, 0.25) is 0 Å². The van der Waals surface area contributed by atoms with E-state index in [0.29, 0.717) is 6.42 Å². The van der Waals surface area contributed by atoms with Gasteiger partial charge in [0.05, 0.1) is 0 Å². The van der Waals surface area contributed by atoms with E-state index in [-0.39, 0.29) is 24.5 Å². The SMILES string of the molecule is C=CCC(=O)NC(C)C(C)CO. The highest BCUT2D eigenvalue weighted by Crippen LogP contribution is 2.00. The molecule has 0 aromatic rings. The van der Waals surface area contributed by atoms with E-state index in [9.17, 15) is 4.79 Å². The Morgan fingerprint density at radius 3 is 2.67 bits per heavy atom. The van der Waals surface area contributed by atoms with E-state index in [0.717, 1.165) is 0 Å². The minimum Gasteiger partial charge on any atom is -0.396 e. The Labute approximate surface area is 73.5 Å². The Morgan fingerprint density at radius 2 is 2.25 bits per heavy atom. The Kier molecular flexibility index (Phi) is 5.37. The van der Waals surface area contributed by atoms with Gasteiger partial charge in [-0.15, -0.1) is 6.58 Å². The van der Waals surface area contributed by atoms with Crippen LogP contribution in [0.3, 0.4) is 0 Å². The fraction of sp³-hybridized carbons (Fsp3) is 0.667. The molecule has 0 spiro atoms. The number of amides is 1. The van der Waals surface area contributed by atoms with Crippen molar-refractivity contribution in [2.45, 2.75) is 26.3 Å². The van der Waals surface area contributed by atoms with Crippen LogP contribution in [0.25, 0.3) is 0 Å². The fourth-order valence-corrected chi connectivity index (χ4v) is 0.744. The summed E-state index contributed by atoms with van der Waals surface area (Å²) < 4.78 is 0. The Hall–Kier alpha value is -0.830. The third kappa shape index (κ3) is 4.13. The number of rotatable bonds is 5. The molecule has 0 saturated carbocycles. The van der Waals surface area contributed by atoms with Gasteiger partial charge in [0.15, 0.2) is 0 Å². The Morgan fingerprint density at radius 1 is 1.67 bits per heavy atom. The average molecular weight is 171 g/mol. The number of aliphatic hydroxyl groups is 1. The molecule has 1 amide bonds. The number of nitrogens with one attached hydrogen (secondary N) is 1. The van der Waals surface area contributed by atoms with Crippen molar-refractivity contribution >= 4 is 5.91 Å². The van der Waals surface area contributed by atoms with Gasteiger partial charge in [-0.1, -0.05) is 13.0 Å². The molecule has 0 aliphatic heterocycles. The number of hydrogen-bond donors (Lipinski definition) is 2. The first-order valence-corrected chi connectivity index (χ1v) is 4.13. The smallest absolute Gasteiger partial charge is 0.224 e. The summed E-state index contributed by atoms with van der Waals surface area (Å²) in [6.45, 7) is 7.32. The van der Waals surface area contributed by atoms with E-state index in [2.05, 4.69) is 11.9 Å². The monoisotopic (exact) mass is 171 g/mol. The highest BCUT2D eigenvalue weighted by molar-refractivity contribution is 5.77. The van der Waals surface area contributed by atoms with Gasteiger partial charge in [-0.05, 0) is 12.8 Å². The molecule has 3 heteroatoms. The van der Waals surface area contributed by atoms with Gasteiger partial charge in [0.2, 0.25) is 5.91 Å². The summed E-state index contributed by atoms with van der Waals surface area (Å²) in [6, 6.07) is 0.0162. The topological polar surface area (TPSA) is 49.3 Å². The zero-order valence-corrected chi connectivity index (χ0v) is 7.71. The summed E-state index contributed by atoms with van der Waals surface area (Å²) >= 11 is 0. The van der Waals surface area contributed by atoms with E-state index in [4.69, 9.17) is 5.11 Å². The predicted octanol–water partition coefficient (Wildman–Crippen LogP) is 0.696. The molecule has 2 unspecified atom stereocenters. The van der Waals surface area contributed by atoms with Crippen LogP contribution < -0.4 is 5.32 Å². The maximum Gasteiger partial charge on any atom is 0.224 e. The molecule has 0 saturated heterocycles. The van der Waals surface area contributed by atoms with E-state index in [1.807, 2.05) is 13.8 Å². The van der Waals surface area contributed by atoms with E-state index in [1.54, 1.807) is 6.08 Å². The van der Waals surface area contributed by atoms with Gasteiger partial charge in [-0.3, -0.25) is 4.79 Å². The largest absolute Gasteiger partial charge is 0.396 e.